The SMILES string of the molecule is CCOC(=O)c1cc2cc(N3CCN(CCCC(=O)c4c[nH]c5ccc(F)cc45)CC3)ccc2o1. The molecule has 0 amide bonds. The number of nitrogens with one attached hydrogen (secondary N) is 1. The lowest BCUT2D eigenvalue weighted by Crippen LogP contribution is -2.46. The van der Waals surface area contributed by atoms with E-state index in [2.05, 4.69) is 14.8 Å². The number of esters is 1. The average Bonchev–Trinajstić information content (AvgIpc) is 3.48. The highest BCUT2D eigenvalue weighted by Crippen LogP contribution is 2.27. The smallest absolute Gasteiger partial charge is 0.374 e. The highest BCUT2D eigenvalue weighted by molar-refractivity contribution is 6.07. The van der Waals surface area contributed by atoms with Crippen molar-refractivity contribution < 1.29 is 23.1 Å². The first-order valence-electron chi connectivity index (χ1n) is 12.0. The monoisotopic (exact) mass is 477 g/mol. The summed E-state index contributed by atoms with van der Waals surface area (Å²) in [5.41, 5.74) is 3.09. The van der Waals surface area contributed by atoms with E-state index >= 15 is 0 Å². The molecule has 0 unspecified atom stereocenters. The number of hydrogen-bond donors (Lipinski definition) is 1. The summed E-state index contributed by atoms with van der Waals surface area (Å²) in [5.74, 6) is -0.531. The molecule has 0 saturated carbocycles. The van der Waals surface area contributed by atoms with Gasteiger partial charge in [0.15, 0.2) is 5.78 Å². The van der Waals surface area contributed by atoms with Crippen LogP contribution in [0.15, 0.2) is 53.1 Å². The molecule has 2 aromatic carbocycles. The van der Waals surface area contributed by atoms with Gasteiger partial charge >= 0.3 is 5.97 Å². The molecule has 1 aliphatic rings. The number of fused-ring (bicyclic) bond motifs is 2. The Kier molecular flexibility index (Phi) is 6.55. The number of ketones is 1. The number of anilines is 1. The molecule has 35 heavy (non-hydrogen) atoms. The van der Waals surface area contributed by atoms with E-state index in [-0.39, 0.29) is 17.4 Å². The zero-order valence-electron chi connectivity index (χ0n) is 19.7. The van der Waals surface area contributed by atoms with Gasteiger partial charge < -0.3 is 19.0 Å². The van der Waals surface area contributed by atoms with Crippen LogP contribution in [0.25, 0.3) is 21.9 Å². The number of aromatic amines is 1. The fourth-order valence-electron chi connectivity index (χ4n) is 4.68. The molecule has 0 aliphatic carbocycles. The lowest BCUT2D eigenvalue weighted by atomic mass is 10.1. The number of aromatic nitrogens is 1. The van der Waals surface area contributed by atoms with E-state index in [1.54, 1.807) is 25.3 Å². The van der Waals surface area contributed by atoms with E-state index in [9.17, 15) is 14.0 Å². The van der Waals surface area contributed by atoms with E-state index in [1.165, 1.54) is 12.1 Å². The van der Waals surface area contributed by atoms with Crippen molar-refractivity contribution in [1.82, 2.24) is 9.88 Å². The summed E-state index contributed by atoms with van der Waals surface area (Å²) in [4.78, 5) is 32.4. The van der Waals surface area contributed by atoms with E-state index in [0.717, 1.165) is 55.7 Å². The maximum absolute atomic E-state index is 13.6. The van der Waals surface area contributed by atoms with Crippen LogP contribution in [0.5, 0.6) is 0 Å². The number of nitrogens with zero attached hydrogens (tertiary/aromatic N) is 2. The second-order valence-electron chi connectivity index (χ2n) is 8.80. The Morgan fingerprint density at radius 3 is 2.71 bits per heavy atom. The van der Waals surface area contributed by atoms with Gasteiger partial charge in [-0.3, -0.25) is 9.69 Å². The summed E-state index contributed by atoms with van der Waals surface area (Å²) in [6.45, 7) is 6.49. The molecule has 1 saturated heterocycles. The summed E-state index contributed by atoms with van der Waals surface area (Å²) in [6.07, 6.45) is 2.87. The van der Waals surface area contributed by atoms with E-state index in [4.69, 9.17) is 9.15 Å². The predicted octanol–water partition coefficient (Wildman–Crippen LogP) is 5.02. The fraction of sp³-hybridized carbons (Fsp3) is 0.333. The highest BCUT2D eigenvalue weighted by atomic mass is 19.1. The maximum atomic E-state index is 13.6. The molecule has 1 fully saturated rings. The van der Waals surface area contributed by atoms with Crippen LogP contribution in [-0.4, -0.2) is 61.0 Å². The first-order chi connectivity index (χ1) is 17.0. The van der Waals surface area contributed by atoms with Gasteiger partial charge in [-0.25, -0.2) is 9.18 Å². The minimum absolute atomic E-state index is 0.0380. The predicted molar refractivity (Wildman–Crippen MR) is 133 cm³/mol. The van der Waals surface area contributed by atoms with Crippen molar-refractivity contribution in [1.29, 1.82) is 0 Å². The molecule has 5 rings (SSSR count). The molecule has 0 bridgehead atoms. The molecule has 0 atom stereocenters. The molecule has 3 heterocycles. The van der Waals surface area contributed by atoms with Crippen LogP contribution in [-0.2, 0) is 4.74 Å². The fourth-order valence-corrected chi connectivity index (χ4v) is 4.68. The van der Waals surface area contributed by atoms with Gasteiger partial charge in [0, 0.05) is 66.3 Å². The zero-order chi connectivity index (χ0) is 24.4. The van der Waals surface area contributed by atoms with Gasteiger partial charge in [0.05, 0.1) is 6.61 Å². The van der Waals surface area contributed by atoms with Crippen LogP contribution in [0.1, 0.15) is 40.7 Å². The van der Waals surface area contributed by atoms with Crippen molar-refractivity contribution in [3.63, 3.8) is 0 Å². The number of piperazine rings is 1. The average molecular weight is 478 g/mol. The minimum Gasteiger partial charge on any atom is -0.460 e. The number of furan rings is 1. The third kappa shape index (κ3) is 4.93. The molecule has 7 nitrogen and oxygen atoms in total. The number of H-pyrrole nitrogens is 1. The molecular weight excluding hydrogens is 449 g/mol. The van der Waals surface area contributed by atoms with E-state index < -0.39 is 5.97 Å². The van der Waals surface area contributed by atoms with Crippen molar-refractivity contribution in [2.75, 3.05) is 44.2 Å². The third-order valence-corrected chi connectivity index (χ3v) is 6.54. The quantitative estimate of drug-likeness (QED) is 0.284. The molecule has 8 heteroatoms. The second kappa shape index (κ2) is 9.92. The normalized spacial score (nSPS) is 14.6. The summed E-state index contributed by atoms with van der Waals surface area (Å²) < 4.78 is 24.2. The van der Waals surface area contributed by atoms with Crippen molar-refractivity contribution in [3.8, 4) is 0 Å². The molecule has 4 aromatic rings. The lowest BCUT2D eigenvalue weighted by Gasteiger charge is -2.36. The largest absolute Gasteiger partial charge is 0.460 e. The molecule has 0 spiro atoms. The molecule has 1 N–H and O–H groups in total. The number of ether oxygens (including phenoxy) is 1. The zero-order valence-corrected chi connectivity index (χ0v) is 19.7. The maximum Gasteiger partial charge on any atom is 0.374 e. The van der Waals surface area contributed by atoms with Crippen LogP contribution >= 0.6 is 0 Å². The Morgan fingerprint density at radius 2 is 1.91 bits per heavy atom. The van der Waals surface area contributed by atoms with Crippen LogP contribution in [0.4, 0.5) is 10.1 Å². The van der Waals surface area contributed by atoms with Gasteiger partial charge in [-0.2, -0.15) is 0 Å². The van der Waals surface area contributed by atoms with Crippen LogP contribution in [0.2, 0.25) is 0 Å². The summed E-state index contributed by atoms with van der Waals surface area (Å²) in [5, 5.41) is 1.52. The Morgan fingerprint density at radius 1 is 1.09 bits per heavy atom. The Labute approximate surface area is 202 Å². The van der Waals surface area contributed by atoms with Gasteiger partial charge in [-0.1, -0.05) is 0 Å². The van der Waals surface area contributed by atoms with Crippen LogP contribution < -0.4 is 4.90 Å². The molecule has 2 aromatic heterocycles. The summed E-state index contributed by atoms with van der Waals surface area (Å²) in [7, 11) is 0. The lowest BCUT2D eigenvalue weighted by molar-refractivity contribution is 0.0492. The number of rotatable bonds is 8. The van der Waals surface area contributed by atoms with Crippen molar-refractivity contribution in [2.24, 2.45) is 0 Å². The van der Waals surface area contributed by atoms with Crippen LogP contribution in [0.3, 0.4) is 0 Å². The van der Waals surface area contributed by atoms with Gasteiger partial charge in [-0.15, -0.1) is 0 Å². The van der Waals surface area contributed by atoms with Crippen molar-refractivity contribution in [3.05, 3.63) is 65.8 Å². The Bertz CT molecular complexity index is 1370. The highest BCUT2D eigenvalue weighted by Gasteiger charge is 2.20. The number of carbonyl (C=O) groups excluding carboxylic acids is 2. The number of benzene rings is 2. The topological polar surface area (TPSA) is 78.8 Å². The standard InChI is InChI=1S/C27H28FN3O4/c1-2-34-27(33)26-15-18-14-20(6-8-25(18)35-26)31-12-10-30(11-13-31)9-3-4-24(32)22-17-29-23-7-5-19(28)16-21(22)23/h5-8,14-17,29H,2-4,9-13H2,1H3. The number of hydrogen-bond acceptors (Lipinski definition) is 6. The number of Topliss-reactive ketones (excluding diaryl/α,β-unsaturated/α-hetero) is 1. The molecule has 1 aliphatic heterocycles. The van der Waals surface area contributed by atoms with Crippen molar-refractivity contribution >= 4 is 39.3 Å². The molecular formula is C27H28FN3O4. The van der Waals surface area contributed by atoms with Gasteiger partial charge in [0.1, 0.15) is 11.4 Å². The van der Waals surface area contributed by atoms with E-state index in [1.807, 2.05) is 18.2 Å². The van der Waals surface area contributed by atoms with Crippen LogP contribution in [0, 0.1) is 5.82 Å². The van der Waals surface area contributed by atoms with Crippen molar-refractivity contribution in [2.45, 2.75) is 19.8 Å². The number of carbonyl (C=O) groups is 2. The Balaban J connectivity index is 1.13. The first kappa shape index (κ1) is 23.1. The van der Waals surface area contributed by atoms with Gasteiger partial charge in [0.2, 0.25) is 5.76 Å². The molecule has 182 valence electrons. The minimum atomic E-state index is -0.450. The van der Waals surface area contributed by atoms with E-state index in [0.29, 0.717) is 29.6 Å². The third-order valence-electron chi connectivity index (χ3n) is 6.54. The summed E-state index contributed by atoms with van der Waals surface area (Å²) >= 11 is 0. The van der Waals surface area contributed by atoms with Gasteiger partial charge in [-0.05, 0) is 62.4 Å². The summed E-state index contributed by atoms with van der Waals surface area (Å²) in [6, 6.07) is 12.1. The molecule has 0 radical (unpaired) electrons. The Hall–Kier alpha value is -3.65. The van der Waals surface area contributed by atoms with Gasteiger partial charge in [0.25, 0.3) is 0 Å². The number of halogens is 1. The second-order valence-corrected chi connectivity index (χ2v) is 8.80. The first-order valence-corrected chi connectivity index (χ1v) is 12.0.